The lowest BCUT2D eigenvalue weighted by Gasteiger charge is -2.15. The second-order valence-corrected chi connectivity index (χ2v) is 8.89. The number of nitrogens with zero attached hydrogens (tertiary/aromatic N) is 4. The Kier molecular flexibility index (Phi) is 6.09. The summed E-state index contributed by atoms with van der Waals surface area (Å²) in [4.78, 5) is 27.1. The maximum atomic E-state index is 13.1. The van der Waals surface area contributed by atoms with Crippen LogP contribution in [0.4, 0.5) is 0 Å². The van der Waals surface area contributed by atoms with Crippen LogP contribution in [0.25, 0.3) is 16.9 Å². The van der Waals surface area contributed by atoms with Gasteiger partial charge in [-0.3, -0.25) is 9.36 Å². The Morgan fingerprint density at radius 2 is 1.97 bits per heavy atom. The Balaban J connectivity index is 1.75. The summed E-state index contributed by atoms with van der Waals surface area (Å²) in [6.07, 6.45) is 3.21. The molecule has 158 valence electrons. The first kappa shape index (κ1) is 21.5. The van der Waals surface area contributed by atoms with Gasteiger partial charge in [0.15, 0.2) is 5.02 Å². The minimum atomic E-state index is -0.455. The number of rotatable bonds is 5. The van der Waals surface area contributed by atoms with E-state index in [1.54, 1.807) is 36.6 Å². The number of benzene rings is 1. The van der Waals surface area contributed by atoms with E-state index in [4.69, 9.17) is 27.9 Å². The van der Waals surface area contributed by atoms with Crippen LogP contribution >= 0.6 is 34.5 Å². The van der Waals surface area contributed by atoms with Crippen molar-refractivity contribution in [2.24, 2.45) is 0 Å². The first-order valence-corrected chi connectivity index (χ1v) is 11.0. The van der Waals surface area contributed by atoms with Gasteiger partial charge < -0.3 is 4.74 Å². The van der Waals surface area contributed by atoms with Crippen molar-refractivity contribution in [1.29, 1.82) is 0 Å². The zero-order valence-corrected chi connectivity index (χ0v) is 19.3. The molecular formula is C22H18Cl2N4O2S. The van der Waals surface area contributed by atoms with Crippen LogP contribution in [-0.4, -0.2) is 19.5 Å². The molecule has 0 bridgehead atoms. The average molecular weight is 473 g/mol. The molecule has 3 heterocycles. The molecule has 0 spiro atoms. The Labute approximate surface area is 193 Å². The highest BCUT2D eigenvalue weighted by atomic mass is 35.5. The van der Waals surface area contributed by atoms with Crippen LogP contribution < -0.4 is 10.3 Å². The molecule has 0 atom stereocenters. The van der Waals surface area contributed by atoms with Gasteiger partial charge in [-0.25, -0.2) is 9.97 Å². The van der Waals surface area contributed by atoms with Crippen LogP contribution in [0.3, 0.4) is 0 Å². The lowest BCUT2D eigenvalue weighted by molar-refractivity contribution is 0.292. The Morgan fingerprint density at radius 3 is 2.68 bits per heavy atom. The normalized spacial score (nSPS) is 11.0. The molecule has 31 heavy (non-hydrogen) atoms. The summed E-state index contributed by atoms with van der Waals surface area (Å²) in [5.41, 5.74) is 3.47. The standard InChI is InChI=1S/C22H18Cl2N4O2S/c1-12-8-25-11-26-20(12)16-4-5-17(23)18(7-16)28-14(3)27-21(19(24)22(28)29)30-9-15-6-13(2)31-10-15/h4-8,10-11H,9H2,1-3H3. The molecule has 0 amide bonds. The van der Waals surface area contributed by atoms with E-state index >= 15 is 0 Å². The Hall–Kier alpha value is -2.74. The molecule has 3 aromatic heterocycles. The second-order valence-electron chi connectivity index (χ2n) is 6.99. The molecule has 0 aliphatic heterocycles. The molecule has 9 heteroatoms. The molecule has 1 aromatic carbocycles. The van der Waals surface area contributed by atoms with Crippen LogP contribution in [0.2, 0.25) is 10.0 Å². The van der Waals surface area contributed by atoms with Gasteiger partial charge in [-0.1, -0.05) is 29.3 Å². The van der Waals surface area contributed by atoms with Crippen molar-refractivity contribution in [3.05, 3.63) is 84.4 Å². The fraction of sp³-hybridized carbons (Fsp3) is 0.182. The topological polar surface area (TPSA) is 69.9 Å². The number of halogens is 2. The number of hydrogen-bond acceptors (Lipinski definition) is 6. The highest BCUT2D eigenvalue weighted by Crippen LogP contribution is 2.29. The van der Waals surface area contributed by atoms with Gasteiger partial charge in [0.2, 0.25) is 5.88 Å². The molecule has 0 saturated heterocycles. The molecule has 0 aliphatic rings. The highest BCUT2D eigenvalue weighted by molar-refractivity contribution is 7.10. The fourth-order valence-electron chi connectivity index (χ4n) is 3.22. The summed E-state index contributed by atoms with van der Waals surface area (Å²) in [5.74, 6) is 0.507. The summed E-state index contributed by atoms with van der Waals surface area (Å²) in [6.45, 7) is 5.92. The number of hydrogen-bond donors (Lipinski definition) is 0. The van der Waals surface area contributed by atoms with E-state index in [1.165, 1.54) is 15.8 Å². The van der Waals surface area contributed by atoms with Gasteiger partial charge in [0.1, 0.15) is 18.8 Å². The third-order valence-corrected chi connectivity index (χ3v) is 6.23. The minimum absolute atomic E-state index is 0.0998. The van der Waals surface area contributed by atoms with Crippen molar-refractivity contribution in [2.75, 3.05) is 0 Å². The number of ether oxygens (including phenoxy) is 1. The zero-order chi connectivity index (χ0) is 22.1. The number of aromatic nitrogens is 4. The van der Waals surface area contributed by atoms with Crippen LogP contribution in [0.5, 0.6) is 5.88 Å². The molecular weight excluding hydrogens is 455 g/mol. The first-order chi connectivity index (χ1) is 14.8. The quantitative estimate of drug-likeness (QED) is 0.380. The predicted molar refractivity (Wildman–Crippen MR) is 124 cm³/mol. The third-order valence-electron chi connectivity index (χ3n) is 4.68. The van der Waals surface area contributed by atoms with Crippen molar-refractivity contribution in [2.45, 2.75) is 27.4 Å². The maximum Gasteiger partial charge on any atom is 0.280 e. The largest absolute Gasteiger partial charge is 0.472 e. The molecule has 4 aromatic rings. The summed E-state index contributed by atoms with van der Waals surface area (Å²) in [6, 6.07) is 7.37. The van der Waals surface area contributed by atoms with Gasteiger partial charge in [-0.15, -0.1) is 11.3 Å². The van der Waals surface area contributed by atoms with Crippen molar-refractivity contribution >= 4 is 34.5 Å². The summed E-state index contributed by atoms with van der Waals surface area (Å²) >= 11 is 14.4. The smallest absolute Gasteiger partial charge is 0.280 e. The third kappa shape index (κ3) is 4.35. The Morgan fingerprint density at radius 1 is 1.16 bits per heavy atom. The van der Waals surface area contributed by atoms with E-state index in [0.717, 1.165) is 22.4 Å². The van der Waals surface area contributed by atoms with Crippen LogP contribution in [0.15, 0.2) is 47.0 Å². The molecule has 0 unspecified atom stereocenters. The Bertz CT molecular complexity index is 1330. The molecule has 0 radical (unpaired) electrons. The summed E-state index contributed by atoms with van der Waals surface area (Å²) < 4.78 is 7.11. The van der Waals surface area contributed by atoms with Gasteiger partial charge in [-0.05, 0) is 49.9 Å². The van der Waals surface area contributed by atoms with Crippen LogP contribution in [0, 0.1) is 20.8 Å². The monoisotopic (exact) mass is 472 g/mol. The van der Waals surface area contributed by atoms with Gasteiger partial charge in [0, 0.05) is 22.2 Å². The van der Waals surface area contributed by atoms with Crippen molar-refractivity contribution in [1.82, 2.24) is 19.5 Å². The molecule has 6 nitrogen and oxygen atoms in total. The van der Waals surface area contributed by atoms with E-state index in [9.17, 15) is 4.79 Å². The predicted octanol–water partition coefficient (Wildman–Crippen LogP) is 5.56. The minimum Gasteiger partial charge on any atom is -0.472 e. The van der Waals surface area contributed by atoms with Gasteiger partial charge in [0.05, 0.1) is 16.4 Å². The first-order valence-electron chi connectivity index (χ1n) is 9.38. The van der Waals surface area contributed by atoms with Gasteiger partial charge in [-0.2, -0.15) is 4.98 Å². The van der Waals surface area contributed by atoms with Crippen LogP contribution in [-0.2, 0) is 6.61 Å². The molecule has 0 aliphatic carbocycles. The zero-order valence-electron chi connectivity index (χ0n) is 17.0. The van der Waals surface area contributed by atoms with E-state index in [-0.39, 0.29) is 17.5 Å². The molecule has 0 N–H and O–H groups in total. The highest BCUT2D eigenvalue weighted by Gasteiger charge is 2.18. The SMILES string of the molecule is Cc1cc(COc2nc(C)n(-c3cc(-c4ncncc4C)ccc3Cl)c(=O)c2Cl)cs1. The lowest BCUT2D eigenvalue weighted by Crippen LogP contribution is -2.24. The maximum absolute atomic E-state index is 13.1. The molecule has 4 rings (SSSR count). The van der Waals surface area contributed by atoms with E-state index in [2.05, 4.69) is 15.0 Å². The van der Waals surface area contributed by atoms with E-state index < -0.39 is 5.56 Å². The van der Waals surface area contributed by atoms with E-state index in [1.807, 2.05) is 31.4 Å². The molecule has 0 fully saturated rings. The second kappa shape index (κ2) is 8.78. The summed E-state index contributed by atoms with van der Waals surface area (Å²) in [5, 5.41) is 2.29. The van der Waals surface area contributed by atoms with E-state index in [0.29, 0.717) is 16.5 Å². The van der Waals surface area contributed by atoms with Crippen molar-refractivity contribution in [3.8, 4) is 22.8 Å². The van der Waals surface area contributed by atoms with Gasteiger partial charge in [0.25, 0.3) is 5.56 Å². The van der Waals surface area contributed by atoms with Gasteiger partial charge >= 0.3 is 0 Å². The fourth-order valence-corrected chi connectivity index (χ4v) is 4.30. The van der Waals surface area contributed by atoms with Crippen LogP contribution in [0.1, 0.15) is 21.8 Å². The lowest BCUT2D eigenvalue weighted by atomic mass is 10.1. The summed E-state index contributed by atoms with van der Waals surface area (Å²) in [7, 11) is 0. The number of aryl methyl sites for hydroxylation is 3. The molecule has 0 saturated carbocycles. The van der Waals surface area contributed by atoms with Crippen molar-refractivity contribution in [3.63, 3.8) is 0 Å². The number of thiophene rings is 1. The average Bonchev–Trinajstić information content (AvgIpc) is 3.16. The van der Waals surface area contributed by atoms with Crippen molar-refractivity contribution < 1.29 is 4.74 Å².